The van der Waals surface area contributed by atoms with E-state index in [0.29, 0.717) is 0 Å². The molecule has 1 amide bonds. The number of carbonyl (C=O) groups is 1. The van der Waals surface area contributed by atoms with Crippen LogP contribution < -0.4 is 0 Å². The van der Waals surface area contributed by atoms with Gasteiger partial charge < -0.3 is 9.64 Å². The van der Waals surface area contributed by atoms with E-state index in [1.54, 1.807) is 6.20 Å². The van der Waals surface area contributed by atoms with Crippen molar-refractivity contribution >= 4 is 6.09 Å². The molecule has 4 heteroatoms. The fourth-order valence-electron chi connectivity index (χ4n) is 2.62. The van der Waals surface area contributed by atoms with Gasteiger partial charge in [-0.2, -0.15) is 0 Å². The predicted molar refractivity (Wildman–Crippen MR) is 78.5 cm³/mol. The lowest BCUT2D eigenvalue weighted by atomic mass is 9.94. The number of ether oxygens (including phenoxy) is 1. The lowest BCUT2D eigenvalue weighted by Crippen LogP contribution is -2.42. The second-order valence-electron chi connectivity index (χ2n) is 6.42. The summed E-state index contributed by atoms with van der Waals surface area (Å²) in [5.74, 6) is 0. The Hall–Kier alpha value is -1.58. The highest BCUT2D eigenvalue weighted by Gasteiger charge is 2.32. The lowest BCUT2D eigenvalue weighted by Gasteiger charge is -2.37. The Bertz CT molecular complexity index is 480. The predicted octanol–water partition coefficient (Wildman–Crippen LogP) is 3.85. The van der Waals surface area contributed by atoms with Gasteiger partial charge >= 0.3 is 6.09 Å². The van der Waals surface area contributed by atoms with E-state index in [0.717, 1.165) is 31.4 Å². The summed E-state index contributed by atoms with van der Waals surface area (Å²) in [5.41, 5.74) is 1.86. The van der Waals surface area contributed by atoms with Crippen LogP contribution in [0.15, 0.2) is 18.5 Å². The summed E-state index contributed by atoms with van der Waals surface area (Å²) >= 11 is 0. The van der Waals surface area contributed by atoms with Crippen molar-refractivity contribution in [2.24, 2.45) is 0 Å². The summed E-state index contributed by atoms with van der Waals surface area (Å²) in [6.45, 7) is 8.53. The molecule has 1 saturated heterocycles. The number of pyridine rings is 1. The van der Waals surface area contributed by atoms with Crippen molar-refractivity contribution in [2.45, 2.75) is 58.6 Å². The van der Waals surface area contributed by atoms with Crippen LogP contribution in [0.25, 0.3) is 0 Å². The van der Waals surface area contributed by atoms with Gasteiger partial charge in [-0.15, -0.1) is 0 Å². The molecule has 0 saturated carbocycles. The molecule has 1 aromatic rings. The van der Waals surface area contributed by atoms with Crippen molar-refractivity contribution in [1.82, 2.24) is 9.88 Å². The third kappa shape index (κ3) is 3.50. The Labute approximate surface area is 121 Å². The van der Waals surface area contributed by atoms with E-state index in [4.69, 9.17) is 4.74 Å². The molecule has 0 spiro atoms. The second-order valence-corrected chi connectivity index (χ2v) is 6.42. The van der Waals surface area contributed by atoms with E-state index < -0.39 is 5.60 Å². The topological polar surface area (TPSA) is 42.4 Å². The van der Waals surface area contributed by atoms with Gasteiger partial charge in [0.25, 0.3) is 0 Å². The quantitative estimate of drug-likeness (QED) is 0.782. The Kier molecular flexibility index (Phi) is 4.31. The molecular weight excluding hydrogens is 252 g/mol. The third-order valence-electron chi connectivity index (χ3n) is 3.57. The molecule has 0 aromatic carbocycles. The average molecular weight is 276 g/mol. The van der Waals surface area contributed by atoms with Crippen molar-refractivity contribution < 1.29 is 9.53 Å². The number of aromatic nitrogens is 1. The molecule has 1 unspecified atom stereocenters. The van der Waals surface area contributed by atoms with Gasteiger partial charge in [0.05, 0.1) is 6.04 Å². The van der Waals surface area contributed by atoms with Crippen LogP contribution in [0.1, 0.15) is 57.2 Å². The fourth-order valence-corrected chi connectivity index (χ4v) is 2.62. The minimum atomic E-state index is -0.455. The maximum absolute atomic E-state index is 12.4. The van der Waals surface area contributed by atoms with Crippen LogP contribution in [0.2, 0.25) is 0 Å². The Morgan fingerprint density at radius 2 is 2.15 bits per heavy atom. The Morgan fingerprint density at radius 1 is 1.40 bits per heavy atom. The highest BCUT2D eigenvalue weighted by atomic mass is 16.6. The van der Waals surface area contributed by atoms with Crippen molar-refractivity contribution in [3.63, 3.8) is 0 Å². The zero-order chi connectivity index (χ0) is 14.8. The molecule has 1 aliphatic rings. The maximum Gasteiger partial charge on any atom is 0.410 e. The molecule has 0 radical (unpaired) electrons. The summed E-state index contributed by atoms with van der Waals surface area (Å²) in [6.07, 6.45) is 6.60. The van der Waals surface area contributed by atoms with E-state index in [1.807, 2.05) is 37.9 Å². The largest absolute Gasteiger partial charge is 0.444 e. The summed E-state index contributed by atoms with van der Waals surface area (Å²) in [7, 11) is 0. The third-order valence-corrected chi connectivity index (χ3v) is 3.57. The zero-order valence-electron chi connectivity index (χ0n) is 12.8. The highest BCUT2D eigenvalue weighted by molar-refractivity contribution is 5.69. The number of aryl methyl sites for hydroxylation is 1. The summed E-state index contributed by atoms with van der Waals surface area (Å²) < 4.78 is 5.54. The summed E-state index contributed by atoms with van der Waals surface area (Å²) in [5, 5.41) is 0. The first kappa shape index (κ1) is 14.8. The molecule has 1 fully saturated rings. The van der Waals surface area contributed by atoms with Gasteiger partial charge in [-0.1, -0.05) is 0 Å². The number of nitrogens with zero attached hydrogens (tertiary/aromatic N) is 2. The molecular formula is C16H24N2O2. The first-order valence-electron chi connectivity index (χ1n) is 7.28. The molecule has 0 bridgehead atoms. The van der Waals surface area contributed by atoms with Gasteiger partial charge in [-0.05, 0) is 64.2 Å². The van der Waals surface area contributed by atoms with Crippen LogP contribution in [-0.2, 0) is 4.74 Å². The number of hydrogen-bond acceptors (Lipinski definition) is 3. The van der Waals surface area contributed by atoms with Gasteiger partial charge in [-0.25, -0.2) is 4.79 Å². The molecule has 2 heterocycles. The van der Waals surface area contributed by atoms with Gasteiger partial charge in [0.15, 0.2) is 0 Å². The number of likely N-dealkylation sites (tertiary alicyclic amines) is 1. The summed E-state index contributed by atoms with van der Waals surface area (Å²) in [4.78, 5) is 18.5. The SMILES string of the molecule is Cc1ccncc1C1CCCCN1C(=O)OC(C)(C)C. The smallest absolute Gasteiger partial charge is 0.410 e. The molecule has 0 aliphatic carbocycles. The summed E-state index contributed by atoms with van der Waals surface area (Å²) in [6, 6.07) is 2.09. The van der Waals surface area contributed by atoms with Crippen molar-refractivity contribution in [3.05, 3.63) is 29.6 Å². The van der Waals surface area contributed by atoms with E-state index >= 15 is 0 Å². The number of amides is 1. The van der Waals surface area contributed by atoms with Gasteiger partial charge in [-0.3, -0.25) is 4.98 Å². The van der Waals surface area contributed by atoms with Crippen LogP contribution in [0.4, 0.5) is 4.79 Å². The Balaban J connectivity index is 2.22. The van der Waals surface area contributed by atoms with Gasteiger partial charge in [0, 0.05) is 18.9 Å². The number of piperidine rings is 1. The number of carbonyl (C=O) groups excluding carboxylic acids is 1. The minimum Gasteiger partial charge on any atom is -0.444 e. The molecule has 1 atom stereocenters. The monoisotopic (exact) mass is 276 g/mol. The van der Waals surface area contributed by atoms with E-state index in [-0.39, 0.29) is 12.1 Å². The van der Waals surface area contributed by atoms with Crippen molar-refractivity contribution in [2.75, 3.05) is 6.54 Å². The fraction of sp³-hybridized carbons (Fsp3) is 0.625. The normalized spacial score (nSPS) is 19.8. The van der Waals surface area contributed by atoms with Crippen molar-refractivity contribution in [1.29, 1.82) is 0 Å². The van der Waals surface area contributed by atoms with Crippen LogP contribution >= 0.6 is 0 Å². The lowest BCUT2D eigenvalue weighted by molar-refractivity contribution is 0.00942. The molecule has 1 aliphatic heterocycles. The van der Waals surface area contributed by atoms with E-state index in [9.17, 15) is 4.79 Å². The standard InChI is InChI=1S/C16H24N2O2/c1-12-8-9-17-11-13(12)14-7-5-6-10-18(14)15(19)20-16(2,3)4/h8-9,11,14H,5-7,10H2,1-4H3. The van der Waals surface area contributed by atoms with E-state index in [2.05, 4.69) is 11.9 Å². The first-order chi connectivity index (χ1) is 9.38. The molecule has 4 nitrogen and oxygen atoms in total. The number of rotatable bonds is 1. The highest BCUT2D eigenvalue weighted by Crippen LogP contribution is 2.33. The van der Waals surface area contributed by atoms with Crippen LogP contribution in [-0.4, -0.2) is 28.1 Å². The molecule has 2 rings (SSSR count). The molecule has 0 N–H and O–H groups in total. The minimum absolute atomic E-state index is 0.0901. The molecule has 20 heavy (non-hydrogen) atoms. The van der Waals surface area contributed by atoms with Gasteiger partial charge in [0.1, 0.15) is 5.60 Å². The first-order valence-corrected chi connectivity index (χ1v) is 7.28. The average Bonchev–Trinajstić information content (AvgIpc) is 2.37. The second kappa shape index (κ2) is 5.81. The Morgan fingerprint density at radius 3 is 2.80 bits per heavy atom. The maximum atomic E-state index is 12.4. The van der Waals surface area contributed by atoms with Gasteiger partial charge in [0.2, 0.25) is 0 Å². The molecule has 110 valence electrons. The zero-order valence-corrected chi connectivity index (χ0v) is 12.8. The molecule has 1 aromatic heterocycles. The van der Waals surface area contributed by atoms with E-state index in [1.165, 1.54) is 5.56 Å². The van der Waals surface area contributed by atoms with Crippen molar-refractivity contribution in [3.8, 4) is 0 Å². The van der Waals surface area contributed by atoms with Crippen LogP contribution in [0.3, 0.4) is 0 Å². The van der Waals surface area contributed by atoms with Crippen LogP contribution in [0.5, 0.6) is 0 Å². The van der Waals surface area contributed by atoms with Crippen LogP contribution in [0, 0.1) is 6.92 Å². The number of hydrogen-bond donors (Lipinski definition) is 0.